The average molecular weight is 448 g/mol. The highest BCUT2D eigenvalue weighted by molar-refractivity contribution is 6.33. The van der Waals surface area contributed by atoms with Crippen LogP contribution in [0.15, 0.2) is 36.8 Å². The summed E-state index contributed by atoms with van der Waals surface area (Å²) in [6.07, 6.45) is 1.66. The summed E-state index contributed by atoms with van der Waals surface area (Å²) in [5.74, 6) is -0.730. The third kappa shape index (κ3) is 2.81. The van der Waals surface area contributed by atoms with Crippen molar-refractivity contribution in [2.24, 2.45) is 0 Å². The molecule has 2 fully saturated rings. The normalized spacial score (nSPS) is 31.9. The first-order valence-electron chi connectivity index (χ1n) is 9.79. The predicted molar refractivity (Wildman–Crippen MR) is 109 cm³/mol. The van der Waals surface area contributed by atoms with Crippen LogP contribution in [0.5, 0.6) is 0 Å². The molecule has 0 N–H and O–H groups in total. The summed E-state index contributed by atoms with van der Waals surface area (Å²) in [6.45, 7) is 4.31. The van der Waals surface area contributed by atoms with Crippen LogP contribution in [0.4, 0.5) is 0 Å². The second kappa shape index (κ2) is 6.63. The van der Waals surface area contributed by atoms with Crippen molar-refractivity contribution in [2.75, 3.05) is 0 Å². The molecule has 1 aromatic carbocycles. The van der Waals surface area contributed by atoms with E-state index in [1.165, 1.54) is 6.33 Å². The molecule has 156 valence electrons. The molecule has 2 saturated heterocycles. The van der Waals surface area contributed by atoms with E-state index in [2.05, 4.69) is 9.97 Å². The minimum atomic E-state index is -0.730. The predicted octanol–water partition coefficient (Wildman–Crippen LogP) is 4.43. The van der Waals surface area contributed by atoms with Gasteiger partial charge in [-0.1, -0.05) is 29.3 Å². The Bertz CT molecular complexity index is 1150. The highest BCUT2D eigenvalue weighted by atomic mass is 35.5. The van der Waals surface area contributed by atoms with E-state index in [1.54, 1.807) is 0 Å². The van der Waals surface area contributed by atoms with Gasteiger partial charge in [-0.15, -0.1) is 0 Å². The third-order valence-electron chi connectivity index (χ3n) is 5.93. The molecule has 0 aliphatic carbocycles. The molecule has 30 heavy (non-hydrogen) atoms. The van der Waals surface area contributed by atoms with Crippen LogP contribution < -0.4 is 0 Å². The summed E-state index contributed by atoms with van der Waals surface area (Å²) in [6, 6.07) is 7.70. The summed E-state index contributed by atoms with van der Waals surface area (Å²) >= 11 is 12.4. The second-order valence-electron chi connectivity index (χ2n) is 8.26. The van der Waals surface area contributed by atoms with E-state index in [-0.39, 0.29) is 24.4 Å². The molecule has 6 rings (SSSR count). The molecular formula is C21H19Cl2N3O4. The first-order chi connectivity index (χ1) is 14.4. The molecule has 0 amide bonds. The van der Waals surface area contributed by atoms with Crippen LogP contribution >= 0.6 is 23.2 Å². The molecule has 5 atom stereocenters. The monoisotopic (exact) mass is 447 g/mol. The number of halogens is 2. The van der Waals surface area contributed by atoms with E-state index >= 15 is 0 Å². The number of aromatic nitrogens is 3. The van der Waals surface area contributed by atoms with Gasteiger partial charge in [0.05, 0.1) is 12.0 Å². The topological polar surface area (TPSA) is 67.6 Å². The van der Waals surface area contributed by atoms with Gasteiger partial charge < -0.3 is 23.5 Å². The fourth-order valence-electron chi connectivity index (χ4n) is 4.74. The second-order valence-corrected chi connectivity index (χ2v) is 9.05. The lowest BCUT2D eigenvalue weighted by Gasteiger charge is -2.27. The van der Waals surface area contributed by atoms with E-state index in [9.17, 15) is 0 Å². The number of hydrogen-bond acceptors (Lipinski definition) is 6. The molecule has 9 heteroatoms. The van der Waals surface area contributed by atoms with Crippen molar-refractivity contribution in [3.63, 3.8) is 0 Å². The number of ether oxygens (including phenoxy) is 4. The quantitative estimate of drug-likeness (QED) is 0.541. The first kappa shape index (κ1) is 19.0. The maximum absolute atomic E-state index is 6.54. The number of nitrogens with zero attached hydrogens (tertiary/aromatic N) is 3. The van der Waals surface area contributed by atoms with Gasteiger partial charge in [0.2, 0.25) is 0 Å². The van der Waals surface area contributed by atoms with Gasteiger partial charge in [0.1, 0.15) is 41.5 Å². The van der Waals surface area contributed by atoms with Gasteiger partial charge in [-0.25, -0.2) is 9.97 Å². The smallest absolute Gasteiger partial charge is 0.164 e. The Kier molecular flexibility index (Phi) is 4.19. The van der Waals surface area contributed by atoms with Crippen LogP contribution in [0.25, 0.3) is 11.0 Å². The zero-order valence-corrected chi connectivity index (χ0v) is 17.8. The summed E-state index contributed by atoms with van der Waals surface area (Å²) in [5, 5.41) is 1.86. The van der Waals surface area contributed by atoms with Gasteiger partial charge in [-0.05, 0) is 43.2 Å². The van der Waals surface area contributed by atoms with E-state index in [0.717, 1.165) is 16.5 Å². The first-order valence-corrected chi connectivity index (χ1v) is 10.5. The molecule has 7 nitrogen and oxygen atoms in total. The molecule has 3 aliphatic rings. The summed E-state index contributed by atoms with van der Waals surface area (Å²) in [7, 11) is 0. The van der Waals surface area contributed by atoms with Crippen LogP contribution in [-0.4, -0.2) is 38.6 Å². The molecule has 3 aromatic rings. The van der Waals surface area contributed by atoms with Gasteiger partial charge in [-0.3, -0.25) is 0 Å². The van der Waals surface area contributed by atoms with E-state index < -0.39 is 12.0 Å². The van der Waals surface area contributed by atoms with Gasteiger partial charge >= 0.3 is 0 Å². The Hall–Kier alpha value is -1.74. The lowest BCUT2D eigenvalue weighted by Crippen LogP contribution is -2.34. The highest BCUT2D eigenvalue weighted by Gasteiger charge is 2.59. The maximum atomic E-state index is 6.54. The number of fused-ring (bicyclic) bond motifs is 3. The zero-order chi connectivity index (χ0) is 20.6. The number of rotatable bonds is 2. The van der Waals surface area contributed by atoms with Crippen molar-refractivity contribution in [1.29, 1.82) is 0 Å². The molecule has 3 aliphatic heterocycles. The summed E-state index contributed by atoms with van der Waals surface area (Å²) < 4.78 is 27.1. The Morgan fingerprint density at radius 2 is 1.90 bits per heavy atom. The molecule has 0 unspecified atom stereocenters. The fourth-order valence-corrected chi connectivity index (χ4v) is 5.12. The fraction of sp³-hybridized carbons (Fsp3) is 0.429. The Morgan fingerprint density at radius 1 is 1.07 bits per heavy atom. The van der Waals surface area contributed by atoms with Crippen LogP contribution in [0.1, 0.15) is 37.3 Å². The zero-order valence-electron chi connectivity index (χ0n) is 16.3. The highest BCUT2D eigenvalue weighted by Crippen LogP contribution is 2.49. The van der Waals surface area contributed by atoms with Gasteiger partial charge in [-0.2, -0.15) is 0 Å². The third-order valence-corrected chi connectivity index (χ3v) is 6.46. The van der Waals surface area contributed by atoms with Crippen molar-refractivity contribution in [1.82, 2.24) is 14.5 Å². The van der Waals surface area contributed by atoms with Gasteiger partial charge in [0.25, 0.3) is 0 Å². The Balaban J connectivity index is 1.41. The Labute approximate surface area is 182 Å². The molecule has 2 aromatic heterocycles. The van der Waals surface area contributed by atoms with Crippen molar-refractivity contribution in [2.45, 2.75) is 56.9 Å². The van der Waals surface area contributed by atoms with Crippen LogP contribution in [0, 0.1) is 0 Å². The molecule has 0 bridgehead atoms. The number of hydrogen-bond donors (Lipinski definition) is 0. The van der Waals surface area contributed by atoms with Crippen molar-refractivity contribution < 1.29 is 18.9 Å². The minimum Gasteiger partial charge on any atom is -0.366 e. The lowest BCUT2D eigenvalue weighted by atomic mass is 9.97. The van der Waals surface area contributed by atoms with E-state index in [0.29, 0.717) is 22.4 Å². The summed E-state index contributed by atoms with van der Waals surface area (Å²) in [5.41, 5.74) is 2.83. The standard InChI is InChI=1S/C21H19Cl2N3O4/c1-21(2)29-16-15(14-12-4-3-11(22)7-10(12)8-27-14)28-20(17(16)30-21)26-6-5-13-18(23)24-9-25-19(13)26/h3-7,9,14-17,20H,8H2,1-2H3/t14-,15+,16+,17+,20+/m0/s1. The summed E-state index contributed by atoms with van der Waals surface area (Å²) in [4.78, 5) is 8.47. The average Bonchev–Trinajstić information content (AvgIpc) is 3.43. The van der Waals surface area contributed by atoms with Gasteiger partial charge in [0, 0.05) is 11.2 Å². The van der Waals surface area contributed by atoms with Crippen LogP contribution in [0.3, 0.4) is 0 Å². The van der Waals surface area contributed by atoms with Crippen molar-refractivity contribution in [3.8, 4) is 0 Å². The molecule has 0 spiro atoms. The van der Waals surface area contributed by atoms with E-state index in [1.807, 2.05) is 48.9 Å². The largest absolute Gasteiger partial charge is 0.366 e. The lowest BCUT2D eigenvalue weighted by molar-refractivity contribution is -0.210. The maximum Gasteiger partial charge on any atom is 0.164 e. The Morgan fingerprint density at radius 3 is 2.77 bits per heavy atom. The molecule has 5 heterocycles. The van der Waals surface area contributed by atoms with E-state index in [4.69, 9.17) is 42.1 Å². The van der Waals surface area contributed by atoms with Crippen molar-refractivity contribution in [3.05, 3.63) is 58.1 Å². The van der Waals surface area contributed by atoms with Crippen molar-refractivity contribution >= 4 is 34.2 Å². The molecular weight excluding hydrogens is 429 g/mol. The minimum absolute atomic E-state index is 0.271. The van der Waals surface area contributed by atoms with Gasteiger partial charge in [0.15, 0.2) is 12.0 Å². The molecule has 0 saturated carbocycles. The number of benzene rings is 1. The molecule has 0 radical (unpaired) electrons. The SMILES string of the molecule is CC1(C)O[C@H]2[C@@H](O1)[C@H](n1ccc3c(Cl)ncnc31)O[C@@H]2[C@H]1OCc2cc(Cl)ccc21. The van der Waals surface area contributed by atoms with Crippen LogP contribution in [0.2, 0.25) is 10.2 Å². The van der Waals surface area contributed by atoms with Crippen LogP contribution in [-0.2, 0) is 25.6 Å².